The van der Waals surface area contributed by atoms with E-state index < -0.39 is 17.6 Å². The fourth-order valence-electron chi connectivity index (χ4n) is 3.46. The second kappa shape index (κ2) is 11.8. The van der Waals surface area contributed by atoms with E-state index in [-0.39, 0.29) is 11.8 Å². The Kier molecular flexibility index (Phi) is 8.89. The van der Waals surface area contributed by atoms with Crippen molar-refractivity contribution in [3.63, 3.8) is 0 Å². The number of rotatable bonds is 11. The quantitative estimate of drug-likeness (QED) is 0.375. The van der Waals surface area contributed by atoms with Crippen LogP contribution in [-0.2, 0) is 23.8 Å². The van der Waals surface area contributed by atoms with Gasteiger partial charge in [0.1, 0.15) is 23.5 Å². The minimum atomic E-state index is -0.527. The van der Waals surface area contributed by atoms with E-state index in [0.717, 1.165) is 10.9 Å². The molecule has 3 rings (SSSR count). The molecule has 1 aliphatic rings. The summed E-state index contributed by atoms with van der Waals surface area (Å²) >= 11 is 0. The third-order valence-electron chi connectivity index (χ3n) is 4.97. The van der Waals surface area contributed by atoms with Crippen LogP contribution in [0, 0.1) is 0 Å². The number of hydrogen-bond acceptors (Lipinski definition) is 8. The van der Waals surface area contributed by atoms with Gasteiger partial charge < -0.3 is 28.7 Å². The van der Waals surface area contributed by atoms with Crippen molar-refractivity contribution in [1.29, 1.82) is 0 Å². The van der Waals surface area contributed by atoms with E-state index >= 15 is 0 Å². The number of nitrogens with one attached hydrogen (secondary N) is 2. The molecule has 1 saturated heterocycles. The zero-order chi connectivity index (χ0) is 24.6. The van der Waals surface area contributed by atoms with Crippen molar-refractivity contribution >= 4 is 28.9 Å². The van der Waals surface area contributed by atoms with Gasteiger partial charge in [-0.1, -0.05) is 0 Å². The molecule has 34 heavy (non-hydrogen) atoms. The molecule has 1 atom stereocenters. The maximum atomic E-state index is 12.2. The number of amides is 3. The van der Waals surface area contributed by atoms with E-state index in [2.05, 4.69) is 10.6 Å². The van der Waals surface area contributed by atoms with E-state index in [4.69, 9.17) is 23.4 Å². The number of carbonyl (C=O) groups excluding carboxylic acids is 3. The lowest BCUT2D eigenvalue weighted by molar-refractivity contribution is -0.134. The molecule has 2 heterocycles. The maximum absolute atomic E-state index is 12.2. The Hall–Kier alpha value is -3.11. The fourth-order valence-corrected chi connectivity index (χ4v) is 3.46. The number of piperidine rings is 1. The van der Waals surface area contributed by atoms with E-state index in [0.29, 0.717) is 63.8 Å². The van der Waals surface area contributed by atoms with Gasteiger partial charge in [0, 0.05) is 23.9 Å². The number of hydrogen-bond donors (Lipinski definition) is 2. The Morgan fingerprint density at radius 1 is 1.12 bits per heavy atom. The number of carbonyl (C=O) groups is 3. The second-order valence-corrected chi connectivity index (χ2v) is 8.85. The molecule has 0 saturated carbocycles. The molecule has 2 aromatic rings. The van der Waals surface area contributed by atoms with Crippen LogP contribution in [0.25, 0.3) is 11.0 Å². The second-order valence-electron chi connectivity index (χ2n) is 8.85. The molecular weight excluding hydrogens is 444 g/mol. The number of fused-ring (bicyclic) bond motifs is 1. The highest BCUT2D eigenvalue weighted by Crippen LogP contribution is 2.34. The van der Waals surface area contributed by atoms with Crippen LogP contribution in [0.15, 0.2) is 28.9 Å². The number of alkyl carbamates (subject to hydrolysis) is 1. The Morgan fingerprint density at radius 3 is 2.59 bits per heavy atom. The van der Waals surface area contributed by atoms with E-state index in [1.54, 1.807) is 39.2 Å². The van der Waals surface area contributed by atoms with E-state index in [9.17, 15) is 14.4 Å². The van der Waals surface area contributed by atoms with Gasteiger partial charge in [0.2, 0.25) is 11.8 Å². The molecule has 0 radical (unpaired) electrons. The first-order chi connectivity index (χ1) is 16.2. The Morgan fingerprint density at radius 2 is 1.85 bits per heavy atom. The van der Waals surface area contributed by atoms with Crippen molar-refractivity contribution in [2.24, 2.45) is 0 Å². The lowest BCUT2D eigenvalue weighted by Crippen LogP contribution is -2.39. The van der Waals surface area contributed by atoms with Crippen molar-refractivity contribution in [3.05, 3.63) is 30.0 Å². The molecule has 1 aromatic heterocycles. The largest absolute Gasteiger partial charge is 0.491 e. The predicted molar refractivity (Wildman–Crippen MR) is 123 cm³/mol. The molecule has 0 spiro atoms. The summed E-state index contributed by atoms with van der Waals surface area (Å²) in [6, 6.07) is 5.42. The van der Waals surface area contributed by atoms with Gasteiger partial charge in [-0.3, -0.25) is 14.9 Å². The first-order valence-corrected chi connectivity index (χ1v) is 11.3. The van der Waals surface area contributed by atoms with Crippen molar-refractivity contribution in [2.45, 2.75) is 45.1 Å². The van der Waals surface area contributed by atoms with Crippen molar-refractivity contribution in [2.75, 3.05) is 39.6 Å². The lowest BCUT2D eigenvalue weighted by atomic mass is 9.90. The monoisotopic (exact) mass is 476 g/mol. The number of benzene rings is 1. The van der Waals surface area contributed by atoms with Gasteiger partial charge in [-0.2, -0.15) is 0 Å². The first kappa shape index (κ1) is 25.5. The summed E-state index contributed by atoms with van der Waals surface area (Å²) in [6.07, 6.45) is 1.86. The van der Waals surface area contributed by atoms with E-state index in [1.807, 2.05) is 6.07 Å². The summed E-state index contributed by atoms with van der Waals surface area (Å²) in [5.74, 6) is -0.338. The zero-order valence-corrected chi connectivity index (χ0v) is 19.8. The summed E-state index contributed by atoms with van der Waals surface area (Å²) in [5.41, 5.74) is 0.877. The zero-order valence-electron chi connectivity index (χ0n) is 19.8. The highest BCUT2D eigenvalue weighted by molar-refractivity contribution is 6.02. The molecular formula is C24H32N2O8. The van der Waals surface area contributed by atoms with Crippen LogP contribution in [0.2, 0.25) is 0 Å². The molecule has 1 fully saturated rings. The van der Waals surface area contributed by atoms with Gasteiger partial charge in [-0.15, -0.1) is 0 Å². The third kappa shape index (κ3) is 7.74. The normalized spacial score (nSPS) is 16.4. The summed E-state index contributed by atoms with van der Waals surface area (Å²) in [7, 11) is 0. The molecule has 186 valence electrons. The number of imide groups is 1. The molecule has 1 unspecified atom stereocenters. The van der Waals surface area contributed by atoms with Crippen molar-refractivity contribution < 1.29 is 37.7 Å². The molecule has 10 nitrogen and oxygen atoms in total. The molecule has 2 N–H and O–H groups in total. The van der Waals surface area contributed by atoms with Crippen LogP contribution in [-0.4, -0.2) is 63.1 Å². The van der Waals surface area contributed by atoms with Gasteiger partial charge in [0.15, 0.2) is 0 Å². The number of furan rings is 1. The smallest absolute Gasteiger partial charge is 0.407 e. The Balaban J connectivity index is 1.32. The Labute approximate surface area is 198 Å². The summed E-state index contributed by atoms with van der Waals surface area (Å²) in [4.78, 5) is 35.1. The summed E-state index contributed by atoms with van der Waals surface area (Å²) in [5, 5.41) is 5.79. The van der Waals surface area contributed by atoms with Crippen LogP contribution in [0.4, 0.5) is 4.79 Å². The lowest BCUT2D eigenvalue weighted by Gasteiger charge is -2.19. The van der Waals surface area contributed by atoms with Crippen LogP contribution in [0.5, 0.6) is 5.75 Å². The highest BCUT2D eigenvalue weighted by atomic mass is 16.6. The van der Waals surface area contributed by atoms with Crippen molar-refractivity contribution in [1.82, 2.24) is 10.6 Å². The predicted octanol–water partition coefficient (Wildman–Crippen LogP) is 2.89. The van der Waals surface area contributed by atoms with Crippen LogP contribution in [0.3, 0.4) is 0 Å². The fraction of sp³-hybridized carbons (Fsp3) is 0.542. The van der Waals surface area contributed by atoms with Gasteiger partial charge in [0.05, 0.1) is 38.6 Å². The van der Waals surface area contributed by atoms with E-state index in [1.165, 1.54) is 0 Å². The Bertz CT molecular complexity index is 995. The molecule has 0 bridgehead atoms. The van der Waals surface area contributed by atoms with Gasteiger partial charge in [-0.25, -0.2) is 4.79 Å². The molecule has 0 aliphatic carbocycles. The van der Waals surface area contributed by atoms with Gasteiger partial charge >= 0.3 is 6.09 Å². The highest BCUT2D eigenvalue weighted by Gasteiger charge is 2.30. The molecule has 10 heteroatoms. The van der Waals surface area contributed by atoms with Crippen LogP contribution < -0.4 is 15.4 Å². The van der Waals surface area contributed by atoms with Crippen LogP contribution in [0.1, 0.15) is 45.1 Å². The van der Waals surface area contributed by atoms with Gasteiger partial charge in [0.25, 0.3) is 0 Å². The summed E-state index contributed by atoms with van der Waals surface area (Å²) < 4.78 is 27.4. The standard InChI is InChI=1S/C24H32N2O8/c1-24(2,3)34-23(29)25-8-9-30-10-11-31-12-13-32-16-4-6-20-18(14-16)19(15-33-20)17-5-7-21(27)26-22(17)28/h4,6,14-15,17H,5,7-13H2,1-3H3,(H,25,29)(H,26,27,28). The van der Waals surface area contributed by atoms with Crippen LogP contribution >= 0.6 is 0 Å². The molecule has 3 amide bonds. The first-order valence-electron chi connectivity index (χ1n) is 11.3. The third-order valence-corrected chi connectivity index (χ3v) is 4.97. The minimum Gasteiger partial charge on any atom is -0.491 e. The average molecular weight is 477 g/mol. The topological polar surface area (TPSA) is 125 Å². The maximum Gasteiger partial charge on any atom is 0.407 e. The number of ether oxygens (including phenoxy) is 4. The SMILES string of the molecule is CC(C)(C)OC(=O)NCCOCCOCCOc1ccc2occ(C3CCC(=O)NC3=O)c2c1. The van der Waals surface area contributed by atoms with Gasteiger partial charge in [-0.05, 0) is 45.4 Å². The molecule has 1 aromatic carbocycles. The average Bonchev–Trinajstić information content (AvgIpc) is 3.17. The summed E-state index contributed by atoms with van der Waals surface area (Å²) in [6.45, 7) is 7.65. The molecule has 1 aliphatic heterocycles. The minimum absolute atomic E-state index is 0.249. The van der Waals surface area contributed by atoms with Crippen molar-refractivity contribution in [3.8, 4) is 5.75 Å².